The van der Waals surface area contributed by atoms with Gasteiger partial charge in [0.15, 0.2) is 6.04 Å². The maximum Gasteiger partial charge on any atom is 0.416 e. The standard InChI is InChI=1S/C27H19Cl2F3N2O2/c1-15-3-2-4-21(28)20(15)14-33-25(26(35)36)12-16-5-9-23-17(11-16)6-10-24(34-23)19-13-18(27(30,31)32)7-8-22(19)29/h2-11,13-14,25H,12H2,1H3,(H,35,36). The highest BCUT2D eigenvalue weighted by Crippen LogP contribution is 2.36. The lowest BCUT2D eigenvalue weighted by Gasteiger charge is -2.12. The van der Waals surface area contributed by atoms with Gasteiger partial charge in [-0.25, -0.2) is 9.78 Å². The second kappa shape index (κ2) is 10.3. The van der Waals surface area contributed by atoms with Gasteiger partial charge in [0.2, 0.25) is 0 Å². The first-order valence-electron chi connectivity index (χ1n) is 10.8. The van der Waals surface area contributed by atoms with Gasteiger partial charge in [-0.2, -0.15) is 13.2 Å². The average molecular weight is 531 g/mol. The SMILES string of the molecule is Cc1cccc(Cl)c1C=NC(Cc1ccc2nc(-c3cc(C(F)(F)F)ccc3Cl)ccc2c1)C(=O)O. The number of alkyl halides is 3. The number of hydrogen-bond donors (Lipinski definition) is 1. The molecular weight excluding hydrogens is 512 g/mol. The van der Waals surface area contributed by atoms with E-state index in [0.717, 1.165) is 23.3 Å². The molecule has 4 rings (SSSR count). The molecule has 1 aromatic heterocycles. The molecule has 0 aliphatic rings. The van der Waals surface area contributed by atoms with E-state index in [2.05, 4.69) is 9.98 Å². The van der Waals surface area contributed by atoms with E-state index >= 15 is 0 Å². The molecule has 36 heavy (non-hydrogen) atoms. The van der Waals surface area contributed by atoms with Gasteiger partial charge in [-0.05, 0) is 60.5 Å². The van der Waals surface area contributed by atoms with Gasteiger partial charge in [-0.15, -0.1) is 0 Å². The summed E-state index contributed by atoms with van der Waals surface area (Å²) in [5, 5.41) is 11.0. The Hall–Kier alpha value is -3.42. The largest absolute Gasteiger partial charge is 0.480 e. The summed E-state index contributed by atoms with van der Waals surface area (Å²) in [5.41, 5.74) is 2.45. The number of carboxylic acid groups (broad SMARTS) is 1. The molecule has 0 saturated heterocycles. The highest BCUT2D eigenvalue weighted by Gasteiger charge is 2.31. The number of carboxylic acids is 1. The van der Waals surface area contributed by atoms with Gasteiger partial charge < -0.3 is 5.11 Å². The van der Waals surface area contributed by atoms with Gasteiger partial charge in [0.1, 0.15) is 0 Å². The Labute approximate surface area is 215 Å². The molecule has 0 radical (unpaired) electrons. The molecular formula is C27H19Cl2F3N2O2. The van der Waals surface area contributed by atoms with Crippen LogP contribution in [0.15, 0.2) is 71.7 Å². The number of aliphatic carboxylic acids is 1. The highest BCUT2D eigenvalue weighted by molar-refractivity contribution is 6.33. The zero-order valence-electron chi connectivity index (χ0n) is 18.9. The fourth-order valence-corrected chi connectivity index (χ4v) is 4.23. The lowest BCUT2D eigenvalue weighted by molar-refractivity contribution is -0.138. The van der Waals surface area contributed by atoms with E-state index in [0.29, 0.717) is 27.2 Å². The fourth-order valence-electron chi connectivity index (χ4n) is 3.75. The van der Waals surface area contributed by atoms with E-state index in [1.807, 2.05) is 13.0 Å². The van der Waals surface area contributed by atoms with E-state index in [4.69, 9.17) is 23.2 Å². The Morgan fingerprint density at radius 3 is 2.53 bits per heavy atom. The van der Waals surface area contributed by atoms with Crippen LogP contribution in [0.2, 0.25) is 10.0 Å². The zero-order valence-corrected chi connectivity index (χ0v) is 20.4. The third-order valence-corrected chi connectivity index (χ3v) is 6.35. The topological polar surface area (TPSA) is 62.5 Å². The summed E-state index contributed by atoms with van der Waals surface area (Å²) in [7, 11) is 0. The van der Waals surface area contributed by atoms with Gasteiger partial charge in [0, 0.05) is 39.2 Å². The van der Waals surface area contributed by atoms with Crippen LogP contribution in [0.4, 0.5) is 13.2 Å². The van der Waals surface area contributed by atoms with Gasteiger partial charge in [-0.1, -0.05) is 47.5 Å². The van der Waals surface area contributed by atoms with Crippen LogP contribution >= 0.6 is 23.2 Å². The molecule has 1 N–H and O–H groups in total. The van der Waals surface area contributed by atoms with Crippen LogP contribution in [0.25, 0.3) is 22.2 Å². The molecule has 1 unspecified atom stereocenters. The summed E-state index contributed by atoms with van der Waals surface area (Å²) in [6, 6.07) is 15.9. The predicted molar refractivity (Wildman–Crippen MR) is 136 cm³/mol. The summed E-state index contributed by atoms with van der Waals surface area (Å²) >= 11 is 12.4. The van der Waals surface area contributed by atoms with E-state index < -0.39 is 23.8 Å². The Balaban J connectivity index is 1.61. The Morgan fingerprint density at radius 1 is 1.06 bits per heavy atom. The molecule has 0 aliphatic heterocycles. The van der Waals surface area contributed by atoms with Crippen LogP contribution < -0.4 is 0 Å². The Kier molecular flexibility index (Phi) is 7.33. The second-order valence-corrected chi connectivity index (χ2v) is 9.04. The summed E-state index contributed by atoms with van der Waals surface area (Å²) in [6.07, 6.45) is -2.89. The van der Waals surface area contributed by atoms with Crippen molar-refractivity contribution in [2.75, 3.05) is 0 Å². The molecule has 3 aromatic carbocycles. The van der Waals surface area contributed by atoms with Gasteiger partial charge in [-0.3, -0.25) is 4.99 Å². The molecule has 184 valence electrons. The maximum atomic E-state index is 13.1. The third-order valence-electron chi connectivity index (χ3n) is 5.69. The second-order valence-electron chi connectivity index (χ2n) is 8.22. The van der Waals surface area contributed by atoms with Crippen molar-refractivity contribution in [2.45, 2.75) is 25.6 Å². The van der Waals surface area contributed by atoms with Crippen LogP contribution in [0.5, 0.6) is 0 Å². The van der Waals surface area contributed by atoms with Crippen LogP contribution in [0.3, 0.4) is 0 Å². The number of fused-ring (bicyclic) bond motifs is 1. The first kappa shape index (κ1) is 25.7. The average Bonchev–Trinajstić information content (AvgIpc) is 2.82. The van der Waals surface area contributed by atoms with Crippen molar-refractivity contribution in [3.63, 3.8) is 0 Å². The molecule has 4 nitrogen and oxygen atoms in total. The van der Waals surface area contributed by atoms with Crippen molar-refractivity contribution in [1.82, 2.24) is 4.98 Å². The molecule has 0 bridgehead atoms. The molecule has 0 fully saturated rings. The lowest BCUT2D eigenvalue weighted by atomic mass is 10.0. The summed E-state index contributed by atoms with van der Waals surface area (Å²) in [4.78, 5) is 20.6. The van der Waals surface area contributed by atoms with E-state index in [1.165, 1.54) is 12.3 Å². The number of aryl methyl sites for hydroxylation is 1. The first-order chi connectivity index (χ1) is 17.0. The van der Waals surface area contributed by atoms with Crippen molar-refractivity contribution < 1.29 is 23.1 Å². The number of rotatable bonds is 6. The number of halogens is 5. The molecule has 0 amide bonds. The first-order valence-corrected chi connectivity index (χ1v) is 11.6. The summed E-state index contributed by atoms with van der Waals surface area (Å²) < 4.78 is 39.4. The van der Waals surface area contributed by atoms with E-state index in [-0.39, 0.29) is 17.0 Å². The smallest absolute Gasteiger partial charge is 0.416 e. The van der Waals surface area contributed by atoms with Crippen molar-refractivity contribution in [2.24, 2.45) is 4.99 Å². The van der Waals surface area contributed by atoms with Gasteiger partial charge in [0.05, 0.1) is 16.8 Å². The minimum absolute atomic E-state index is 0.131. The lowest BCUT2D eigenvalue weighted by Crippen LogP contribution is -2.21. The number of aromatic nitrogens is 1. The Bertz CT molecular complexity index is 1470. The van der Waals surface area contributed by atoms with E-state index in [1.54, 1.807) is 42.5 Å². The number of hydrogen-bond acceptors (Lipinski definition) is 3. The highest BCUT2D eigenvalue weighted by atomic mass is 35.5. The monoisotopic (exact) mass is 530 g/mol. The van der Waals surface area contributed by atoms with Gasteiger partial charge in [0.25, 0.3) is 0 Å². The molecule has 0 spiro atoms. The number of aliphatic imine (C=N–C) groups is 1. The minimum atomic E-state index is -4.50. The minimum Gasteiger partial charge on any atom is -0.480 e. The molecule has 1 atom stereocenters. The molecule has 4 aromatic rings. The van der Waals surface area contributed by atoms with Crippen molar-refractivity contribution in [3.05, 3.63) is 99.0 Å². The molecule has 0 saturated carbocycles. The van der Waals surface area contributed by atoms with Crippen molar-refractivity contribution in [3.8, 4) is 11.3 Å². The van der Waals surface area contributed by atoms with Gasteiger partial charge >= 0.3 is 12.1 Å². The molecule has 9 heteroatoms. The van der Waals surface area contributed by atoms with E-state index in [9.17, 15) is 23.1 Å². The molecule has 0 aliphatic carbocycles. The quantitative estimate of drug-likeness (QED) is 0.260. The predicted octanol–water partition coefficient (Wildman–Crippen LogP) is 7.65. The number of pyridine rings is 1. The number of benzene rings is 3. The van der Waals surface area contributed by atoms with Crippen LogP contribution in [0, 0.1) is 6.92 Å². The summed E-state index contributed by atoms with van der Waals surface area (Å²) in [6.45, 7) is 1.86. The van der Waals surface area contributed by atoms with Crippen molar-refractivity contribution in [1.29, 1.82) is 0 Å². The fraction of sp³-hybridized carbons (Fsp3) is 0.148. The number of carbonyl (C=O) groups is 1. The zero-order chi connectivity index (χ0) is 26.0. The Morgan fingerprint density at radius 2 is 1.83 bits per heavy atom. The maximum absolute atomic E-state index is 13.1. The normalized spacial score (nSPS) is 12.8. The third kappa shape index (κ3) is 5.69. The van der Waals surface area contributed by atoms with Crippen molar-refractivity contribution >= 4 is 46.3 Å². The van der Waals surface area contributed by atoms with Crippen LogP contribution in [0.1, 0.15) is 22.3 Å². The summed E-state index contributed by atoms with van der Waals surface area (Å²) in [5.74, 6) is -1.08. The number of nitrogens with zero attached hydrogens (tertiary/aromatic N) is 2. The molecule has 1 heterocycles. The van der Waals surface area contributed by atoms with Crippen LogP contribution in [-0.4, -0.2) is 28.3 Å². The van der Waals surface area contributed by atoms with Crippen LogP contribution in [-0.2, 0) is 17.4 Å².